The zero-order valence-corrected chi connectivity index (χ0v) is 26.3. The Morgan fingerprint density at radius 1 is 0.690 bits per heavy atom. The topological polar surface area (TPSA) is 123 Å². The number of carboxylic acid groups (broad SMARTS) is 2. The van der Waals surface area contributed by atoms with Gasteiger partial charge in [0.25, 0.3) is 0 Å². The first-order valence-electron chi connectivity index (χ1n) is 13.6. The van der Waals surface area contributed by atoms with Gasteiger partial charge in [-0.3, -0.25) is 0 Å². The average Bonchev–Trinajstić information content (AvgIpc) is 3.55. The monoisotopic (exact) mass is 706 g/mol. The van der Waals surface area contributed by atoms with Crippen LogP contribution in [0.3, 0.4) is 0 Å². The van der Waals surface area contributed by atoms with Gasteiger partial charge in [-0.25, -0.2) is 0 Å². The molecule has 2 atom stereocenters. The van der Waals surface area contributed by atoms with Crippen LogP contribution in [0.15, 0.2) is 10.3 Å². The molecule has 15 heteroatoms. The summed E-state index contributed by atoms with van der Waals surface area (Å²) in [6.07, 6.45) is -5.74. The molecule has 0 radical (unpaired) electrons. The van der Waals surface area contributed by atoms with Crippen molar-refractivity contribution in [2.24, 2.45) is 51.2 Å². The van der Waals surface area contributed by atoms with Gasteiger partial charge in [0, 0.05) is 11.8 Å². The number of fused-ring (bicyclic) bond motifs is 4. The van der Waals surface area contributed by atoms with E-state index in [1.54, 1.807) is 0 Å². The SMILES string of the molecule is CC(C)C1(C(C)C)ON=C2[C@H]1CCC21CC[C@@H]2C1=NOC2(C(C)C)C(C)C.O=C([O-])C(F)(F)F.O=C([O-])C(F)(F)F.[Pd+2]. The molecular weight excluding hydrogens is 669 g/mol. The van der Waals surface area contributed by atoms with Crippen LogP contribution in [-0.4, -0.2) is 46.9 Å². The number of carbonyl (C=O) groups excluding carboxylic acids is 2. The number of rotatable bonds is 4. The molecule has 2 aliphatic heterocycles. The predicted octanol–water partition coefficient (Wildman–Crippen LogP) is 4.26. The van der Waals surface area contributed by atoms with Gasteiger partial charge in [0.15, 0.2) is 0 Å². The molecule has 2 fully saturated rings. The number of carboxylic acids is 2. The molecule has 4 aliphatic rings. The first kappa shape index (κ1) is 38.1. The minimum absolute atomic E-state index is 0. The van der Waals surface area contributed by atoms with Crippen LogP contribution in [0.4, 0.5) is 26.3 Å². The maximum absolute atomic E-state index is 10.5. The summed E-state index contributed by atoms with van der Waals surface area (Å²) >= 11 is 0. The maximum atomic E-state index is 10.5. The zero-order chi connectivity index (χ0) is 31.9. The molecular formula is C27H38F6N2O6Pd. The Hall–Kier alpha value is -1.88. The Balaban J connectivity index is 0.000000492. The molecule has 42 heavy (non-hydrogen) atoms. The van der Waals surface area contributed by atoms with Crippen molar-refractivity contribution in [3.63, 3.8) is 0 Å². The van der Waals surface area contributed by atoms with Crippen molar-refractivity contribution in [3.8, 4) is 0 Å². The smallest absolute Gasteiger partial charge is 0.542 e. The van der Waals surface area contributed by atoms with Gasteiger partial charge in [0.1, 0.15) is 23.1 Å². The second-order valence-corrected chi connectivity index (χ2v) is 12.3. The van der Waals surface area contributed by atoms with E-state index in [-0.39, 0.29) is 37.0 Å². The maximum Gasteiger partial charge on any atom is 2.00 e. The Kier molecular flexibility index (Phi) is 11.8. The Bertz CT molecular complexity index is 957. The number of oxime groups is 2. The second-order valence-electron chi connectivity index (χ2n) is 12.3. The third-order valence-corrected chi connectivity index (χ3v) is 9.13. The summed E-state index contributed by atoms with van der Waals surface area (Å²) in [4.78, 5) is 30.2. The molecule has 1 spiro atoms. The summed E-state index contributed by atoms with van der Waals surface area (Å²) in [5.74, 6) is -3.38. The van der Waals surface area contributed by atoms with E-state index in [0.29, 0.717) is 35.5 Å². The van der Waals surface area contributed by atoms with E-state index in [1.165, 1.54) is 11.4 Å². The fourth-order valence-corrected chi connectivity index (χ4v) is 7.42. The Morgan fingerprint density at radius 3 is 1.12 bits per heavy atom. The Morgan fingerprint density at radius 2 is 0.929 bits per heavy atom. The van der Waals surface area contributed by atoms with E-state index in [1.807, 2.05) is 0 Å². The van der Waals surface area contributed by atoms with Crippen molar-refractivity contribution in [3.05, 3.63) is 0 Å². The summed E-state index contributed by atoms with van der Waals surface area (Å²) in [5.41, 5.74) is 2.25. The van der Waals surface area contributed by atoms with Gasteiger partial charge in [-0.1, -0.05) is 65.7 Å². The fraction of sp³-hybridized carbons (Fsp3) is 0.852. The first-order valence-corrected chi connectivity index (χ1v) is 13.6. The molecule has 0 aromatic rings. The van der Waals surface area contributed by atoms with Crippen LogP contribution in [-0.2, 0) is 39.7 Å². The van der Waals surface area contributed by atoms with Crippen LogP contribution in [0.5, 0.6) is 0 Å². The number of halogens is 6. The number of hydrogen-bond acceptors (Lipinski definition) is 8. The molecule has 0 bridgehead atoms. The quantitative estimate of drug-likeness (QED) is 0.318. The largest absolute Gasteiger partial charge is 2.00 e. The van der Waals surface area contributed by atoms with Crippen molar-refractivity contribution in [2.75, 3.05) is 0 Å². The molecule has 2 saturated carbocycles. The van der Waals surface area contributed by atoms with Gasteiger partial charge in [0.2, 0.25) is 0 Å². The summed E-state index contributed by atoms with van der Waals surface area (Å²) in [6.45, 7) is 18.3. The van der Waals surface area contributed by atoms with Crippen LogP contribution in [0, 0.1) is 40.9 Å². The minimum atomic E-state index is -5.19. The van der Waals surface area contributed by atoms with Crippen LogP contribution in [0.25, 0.3) is 0 Å². The van der Waals surface area contributed by atoms with Gasteiger partial charge in [-0.05, 0) is 49.4 Å². The van der Waals surface area contributed by atoms with E-state index < -0.39 is 24.3 Å². The van der Waals surface area contributed by atoms with Crippen molar-refractivity contribution in [1.29, 1.82) is 0 Å². The fourth-order valence-electron chi connectivity index (χ4n) is 7.42. The summed E-state index contributed by atoms with van der Waals surface area (Å²) in [7, 11) is 0. The molecule has 0 saturated heterocycles. The number of carbonyl (C=O) groups is 2. The number of alkyl halides is 6. The molecule has 0 unspecified atom stereocenters. The summed E-state index contributed by atoms with van der Waals surface area (Å²) < 4.78 is 63.1. The van der Waals surface area contributed by atoms with Crippen molar-refractivity contribution >= 4 is 23.4 Å². The van der Waals surface area contributed by atoms with E-state index >= 15 is 0 Å². The third kappa shape index (κ3) is 6.47. The van der Waals surface area contributed by atoms with Crippen molar-refractivity contribution in [2.45, 2.75) is 105 Å². The van der Waals surface area contributed by atoms with Gasteiger partial charge in [-0.15, -0.1) is 0 Å². The second kappa shape index (κ2) is 13.0. The predicted molar refractivity (Wildman–Crippen MR) is 132 cm³/mol. The summed E-state index contributed by atoms with van der Waals surface area (Å²) in [6, 6.07) is 0. The molecule has 8 nitrogen and oxygen atoms in total. The molecule has 0 aromatic carbocycles. The molecule has 0 N–H and O–H groups in total. The zero-order valence-electron chi connectivity index (χ0n) is 24.7. The molecule has 2 heterocycles. The van der Waals surface area contributed by atoms with E-state index in [2.05, 4.69) is 55.4 Å². The van der Waals surface area contributed by atoms with Gasteiger partial charge >= 0.3 is 32.8 Å². The molecule has 2 aliphatic carbocycles. The molecule has 4 rings (SSSR count). The average molecular weight is 707 g/mol. The van der Waals surface area contributed by atoms with E-state index in [9.17, 15) is 26.3 Å². The van der Waals surface area contributed by atoms with E-state index in [4.69, 9.17) is 39.8 Å². The van der Waals surface area contributed by atoms with Crippen molar-refractivity contribution < 1.29 is 76.2 Å². The van der Waals surface area contributed by atoms with Crippen LogP contribution in [0.1, 0.15) is 81.1 Å². The standard InChI is InChI=1S/C23H38N2O2.2C2HF3O2.Pd/c1-13(2)22(14(3)4)17-9-11-21(19(17)24-26-22)12-10-18-20(21)25-27-23(18,15(5)6)16(7)8;2*3-2(4,5)1(6)7;/h13-18H,9-12H2,1-8H3;2*(H,6,7);/q;;;+2/p-2/t17-,18-,21?;;;/m1.../s1. The molecule has 0 amide bonds. The van der Waals surface area contributed by atoms with E-state index in [0.717, 1.165) is 25.7 Å². The van der Waals surface area contributed by atoms with Gasteiger partial charge in [0.05, 0.1) is 16.8 Å². The third-order valence-electron chi connectivity index (χ3n) is 9.13. The van der Waals surface area contributed by atoms with Gasteiger partial charge in [-0.2, -0.15) is 26.3 Å². The number of hydrogen-bond donors (Lipinski definition) is 0. The minimum Gasteiger partial charge on any atom is -0.542 e. The Labute approximate surface area is 255 Å². The number of nitrogens with zero attached hydrogens (tertiary/aromatic N) is 2. The van der Waals surface area contributed by atoms with Crippen molar-refractivity contribution in [1.82, 2.24) is 0 Å². The van der Waals surface area contributed by atoms with Crippen LogP contribution < -0.4 is 10.2 Å². The molecule has 244 valence electrons. The van der Waals surface area contributed by atoms with Gasteiger partial charge < -0.3 is 29.5 Å². The summed E-state index contributed by atoms with van der Waals surface area (Å²) in [5, 5.41) is 27.2. The van der Waals surface area contributed by atoms with Crippen LogP contribution in [0.2, 0.25) is 0 Å². The normalized spacial score (nSPS) is 24.4. The number of aliphatic carboxylic acids is 2. The molecule has 0 aromatic heterocycles. The van der Waals surface area contributed by atoms with Crippen LogP contribution >= 0.6 is 0 Å². The first-order chi connectivity index (χ1) is 18.5.